The fraction of sp³-hybridized carbons (Fsp3) is 0.500. The number of rotatable bonds is 7. The molecule has 8 heteroatoms. The summed E-state index contributed by atoms with van der Waals surface area (Å²) in [7, 11) is -1.22. The number of aryl methyl sites for hydroxylation is 1. The van der Waals surface area contributed by atoms with Gasteiger partial charge in [0.05, 0.1) is 5.75 Å². The summed E-state index contributed by atoms with van der Waals surface area (Å²) in [6.45, 7) is 4.83. The van der Waals surface area contributed by atoms with Crippen LogP contribution < -0.4 is 10.6 Å². The topological polar surface area (TPSA) is 86.3 Å². The zero-order valence-electron chi connectivity index (χ0n) is 15.8. The van der Waals surface area contributed by atoms with Crippen molar-refractivity contribution in [3.63, 3.8) is 0 Å². The molecule has 146 valence electrons. The van der Waals surface area contributed by atoms with Gasteiger partial charge in [0.1, 0.15) is 9.84 Å². The van der Waals surface area contributed by atoms with Gasteiger partial charge in [0.25, 0.3) is 0 Å². The standard InChI is InChI=1S/C18H28N4O2S.HI/c1-13-6-5-7-16-17(13)15(12-21-16)8-10-20-18(19-3)22-14(2)9-11-25(4,23)24;/h5-7,12,14,21H,8-11H2,1-4H3,(H2,19,20,22);1H. The van der Waals surface area contributed by atoms with Crippen LogP contribution in [0, 0.1) is 6.92 Å². The summed E-state index contributed by atoms with van der Waals surface area (Å²) in [6, 6.07) is 6.30. The van der Waals surface area contributed by atoms with Gasteiger partial charge in [-0.05, 0) is 43.9 Å². The van der Waals surface area contributed by atoms with Crippen LogP contribution in [0.2, 0.25) is 0 Å². The number of aromatic amines is 1. The van der Waals surface area contributed by atoms with Gasteiger partial charge in [-0.2, -0.15) is 0 Å². The Morgan fingerprint density at radius 1 is 1.35 bits per heavy atom. The summed E-state index contributed by atoms with van der Waals surface area (Å²) in [5.74, 6) is 0.866. The average molecular weight is 492 g/mol. The predicted molar refractivity (Wildman–Crippen MR) is 120 cm³/mol. The highest BCUT2D eigenvalue weighted by Gasteiger charge is 2.10. The largest absolute Gasteiger partial charge is 0.361 e. The number of fused-ring (bicyclic) bond motifs is 1. The number of aliphatic imine (C=N–C) groups is 1. The van der Waals surface area contributed by atoms with Crippen LogP contribution in [0.1, 0.15) is 24.5 Å². The highest BCUT2D eigenvalue weighted by molar-refractivity contribution is 14.0. The van der Waals surface area contributed by atoms with Crippen molar-refractivity contribution in [1.82, 2.24) is 15.6 Å². The van der Waals surface area contributed by atoms with E-state index in [4.69, 9.17) is 0 Å². The number of sulfone groups is 1. The molecule has 2 aromatic rings. The molecule has 0 aliphatic heterocycles. The van der Waals surface area contributed by atoms with Crippen LogP contribution in [0.25, 0.3) is 10.9 Å². The van der Waals surface area contributed by atoms with Crippen LogP contribution in [0.5, 0.6) is 0 Å². The lowest BCUT2D eigenvalue weighted by Gasteiger charge is -2.17. The quantitative estimate of drug-likeness (QED) is 0.315. The van der Waals surface area contributed by atoms with E-state index in [1.807, 2.05) is 6.92 Å². The third kappa shape index (κ3) is 6.79. The molecule has 0 amide bonds. The number of hydrogen-bond acceptors (Lipinski definition) is 3. The maximum absolute atomic E-state index is 11.3. The van der Waals surface area contributed by atoms with Crippen molar-refractivity contribution in [3.8, 4) is 0 Å². The molecule has 0 radical (unpaired) electrons. The van der Waals surface area contributed by atoms with Crippen molar-refractivity contribution < 1.29 is 8.42 Å². The van der Waals surface area contributed by atoms with Crippen LogP contribution in [-0.2, 0) is 16.3 Å². The number of hydrogen-bond donors (Lipinski definition) is 3. The smallest absolute Gasteiger partial charge is 0.191 e. The van der Waals surface area contributed by atoms with E-state index in [1.165, 1.54) is 22.8 Å². The Labute approximate surface area is 173 Å². The SMILES string of the molecule is CN=C(NCCc1c[nH]c2cccc(C)c12)NC(C)CCS(C)(=O)=O.I. The lowest BCUT2D eigenvalue weighted by atomic mass is 10.1. The molecule has 0 aliphatic rings. The molecule has 3 N–H and O–H groups in total. The second-order valence-electron chi connectivity index (χ2n) is 6.52. The number of H-pyrrole nitrogens is 1. The Balaban J connectivity index is 0.00000338. The molecule has 26 heavy (non-hydrogen) atoms. The summed E-state index contributed by atoms with van der Waals surface area (Å²) in [5, 5.41) is 7.82. The van der Waals surface area contributed by atoms with Crippen molar-refractivity contribution in [3.05, 3.63) is 35.5 Å². The summed E-state index contributed by atoms with van der Waals surface area (Å²) >= 11 is 0. The minimum absolute atomic E-state index is 0. The second-order valence-corrected chi connectivity index (χ2v) is 8.78. The lowest BCUT2D eigenvalue weighted by molar-refractivity contribution is 0.581. The van der Waals surface area contributed by atoms with Gasteiger partial charge in [-0.15, -0.1) is 24.0 Å². The van der Waals surface area contributed by atoms with Crippen LogP contribution in [0.15, 0.2) is 29.4 Å². The maximum atomic E-state index is 11.3. The molecule has 1 aromatic heterocycles. The van der Waals surface area contributed by atoms with E-state index in [9.17, 15) is 8.42 Å². The number of nitrogens with zero attached hydrogens (tertiary/aromatic N) is 1. The first-order valence-electron chi connectivity index (χ1n) is 8.50. The van der Waals surface area contributed by atoms with Gasteiger partial charge in [0.15, 0.2) is 5.96 Å². The Kier molecular flexibility index (Phi) is 8.88. The molecule has 0 aliphatic carbocycles. The van der Waals surface area contributed by atoms with E-state index in [-0.39, 0.29) is 35.8 Å². The number of halogens is 1. The van der Waals surface area contributed by atoms with Crippen LogP contribution in [0.4, 0.5) is 0 Å². The zero-order valence-corrected chi connectivity index (χ0v) is 18.9. The summed E-state index contributed by atoms with van der Waals surface area (Å²) < 4.78 is 22.5. The van der Waals surface area contributed by atoms with E-state index in [2.05, 4.69) is 51.9 Å². The minimum atomic E-state index is -2.94. The second kappa shape index (κ2) is 10.1. The molecule has 0 saturated carbocycles. The Bertz CT molecular complexity index is 846. The Morgan fingerprint density at radius 2 is 2.08 bits per heavy atom. The van der Waals surface area contributed by atoms with E-state index in [0.717, 1.165) is 18.5 Å². The summed E-state index contributed by atoms with van der Waals surface area (Å²) in [5.41, 5.74) is 3.71. The molecule has 0 bridgehead atoms. The molecular weight excluding hydrogens is 463 g/mol. The molecule has 0 fully saturated rings. The van der Waals surface area contributed by atoms with Crippen molar-refractivity contribution in [1.29, 1.82) is 0 Å². The van der Waals surface area contributed by atoms with Gasteiger partial charge in [-0.3, -0.25) is 4.99 Å². The molecule has 0 spiro atoms. The molecule has 1 aromatic carbocycles. The molecule has 2 rings (SSSR count). The van der Waals surface area contributed by atoms with E-state index in [0.29, 0.717) is 12.4 Å². The fourth-order valence-corrected chi connectivity index (χ4v) is 3.64. The normalized spacial score (nSPS) is 13.3. The minimum Gasteiger partial charge on any atom is -0.361 e. The third-order valence-corrected chi connectivity index (χ3v) is 5.19. The zero-order chi connectivity index (χ0) is 18.4. The number of aromatic nitrogens is 1. The number of guanidine groups is 1. The van der Waals surface area contributed by atoms with E-state index >= 15 is 0 Å². The van der Waals surface area contributed by atoms with Gasteiger partial charge in [0.2, 0.25) is 0 Å². The van der Waals surface area contributed by atoms with E-state index in [1.54, 1.807) is 7.05 Å². The fourth-order valence-electron chi connectivity index (χ4n) is 2.86. The van der Waals surface area contributed by atoms with Crippen LogP contribution >= 0.6 is 24.0 Å². The molecule has 6 nitrogen and oxygen atoms in total. The summed E-state index contributed by atoms with van der Waals surface area (Å²) in [4.78, 5) is 7.52. The summed E-state index contributed by atoms with van der Waals surface area (Å²) in [6.07, 6.45) is 4.75. The first-order valence-corrected chi connectivity index (χ1v) is 10.6. The molecule has 1 unspecified atom stereocenters. The van der Waals surface area contributed by atoms with Crippen molar-refractivity contribution in [2.24, 2.45) is 4.99 Å². The third-order valence-electron chi connectivity index (χ3n) is 4.21. The first-order chi connectivity index (χ1) is 11.8. The van der Waals surface area contributed by atoms with Gasteiger partial charge in [0, 0.05) is 43.0 Å². The number of benzene rings is 1. The van der Waals surface area contributed by atoms with Gasteiger partial charge >= 0.3 is 0 Å². The van der Waals surface area contributed by atoms with Gasteiger partial charge in [-0.1, -0.05) is 12.1 Å². The highest BCUT2D eigenvalue weighted by Crippen LogP contribution is 2.22. The average Bonchev–Trinajstić information content (AvgIpc) is 2.96. The molecular formula is C18H29IN4O2S. The number of nitrogens with one attached hydrogen (secondary N) is 3. The lowest BCUT2D eigenvalue weighted by Crippen LogP contribution is -2.43. The molecule has 1 atom stereocenters. The Hall–Kier alpha value is -1.29. The maximum Gasteiger partial charge on any atom is 0.191 e. The van der Waals surface area contributed by atoms with Crippen LogP contribution in [0.3, 0.4) is 0 Å². The molecule has 0 saturated heterocycles. The predicted octanol–water partition coefficient (Wildman–Crippen LogP) is 2.63. The first kappa shape index (κ1) is 22.8. The Morgan fingerprint density at radius 3 is 2.73 bits per heavy atom. The van der Waals surface area contributed by atoms with Crippen molar-refractivity contribution >= 4 is 50.7 Å². The van der Waals surface area contributed by atoms with Crippen LogP contribution in [-0.4, -0.2) is 51.0 Å². The van der Waals surface area contributed by atoms with Gasteiger partial charge in [-0.25, -0.2) is 8.42 Å². The highest BCUT2D eigenvalue weighted by atomic mass is 127. The van der Waals surface area contributed by atoms with E-state index < -0.39 is 9.84 Å². The molecule has 1 heterocycles. The monoisotopic (exact) mass is 492 g/mol. The van der Waals surface area contributed by atoms with Gasteiger partial charge < -0.3 is 15.6 Å². The van der Waals surface area contributed by atoms with Crippen molar-refractivity contribution in [2.75, 3.05) is 25.6 Å². The van der Waals surface area contributed by atoms with Crippen molar-refractivity contribution in [2.45, 2.75) is 32.7 Å².